The molecule has 1 aromatic rings. The molecular weight excluding hydrogens is 260 g/mol. The fourth-order valence-corrected chi connectivity index (χ4v) is 2.19. The van der Waals surface area contributed by atoms with Crippen molar-refractivity contribution < 1.29 is 9.90 Å². The van der Waals surface area contributed by atoms with Crippen molar-refractivity contribution in [3.05, 3.63) is 34.0 Å². The van der Waals surface area contributed by atoms with Crippen molar-refractivity contribution in [3.63, 3.8) is 0 Å². The van der Waals surface area contributed by atoms with E-state index >= 15 is 0 Å². The highest BCUT2D eigenvalue weighted by atomic mass is 16.4. The number of nitrogens with zero attached hydrogens (tertiary/aromatic N) is 2. The third-order valence-corrected chi connectivity index (χ3v) is 3.35. The van der Waals surface area contributed by atoms with E-state index in [4.69, 9.17) is 10.5 Å². The van der Waals surface area contributed by atoms with Gasteiger partial charge in [-0.05, 0) is 18.9 Å². The molecule has 1 aliphatic rings. The van der Waals surface area contributed by atoms with Crippen LogP contribution in [0.4, 0.5) is 5.69 Å². The summed E-state index contributed by atoms with van der Waals surface area (Å²) >= 11 is 0. The molecule has 1 aliphatic heterocycles. The van der Waals surface area contributed by atoms with Gasteiger partial charge < -0.3 is 15.8 Å². The lowest BCUT2D eigenvalue weighted by molar-refractivity contribution is -0.140. The number of aromatic nitrogens is 2. The number of rotatable bonds is 5. The molecule has 0 bridgehead atoms. The Morgan fingerprint density at radius 2 is 2.45 bits per heavy atom. The van der Waals surface area contributed by atoms with Gasteiger partial charge in [0, 0.05) is 19.2 Å². The van der Waals surface area contributed by atoms with E-state index in [0.29, 0.717) is 25.2 Å². The predicted octanol–water partition coefficient (Wildman–Crippen LogP) is 0.823. The third-order valence-electron chi connectivity index (χ3n) is 3.35. The molecule has 0 saturated carbocycles. The summed E-state index contributed by atoms with van der Waals surface area (Å²) in [6.45, 7) is 2.13. The van der Waals surface area contributed by atoms with E-state index in [-0.39, 0.29) is 11.2 Å². The second-order valence-electron chi connectivity index (χ2n) is 4.52. The second-order valence-corrected chi connectivity index (χ2v) is 4.52. The summed E-state index contributed by atoms with van der Waals surface area (Å²) < 4.78 is 1.24. The van der Waals surface area contributed by atoms with Crippen LogP contribution < -0.4 is 10.9 Å². The third kappa shape index (κ3) is 2.47. The fourth-order valence-electron chi connectivity index (χ4n) is 2.19. The summed E-state index contributed by atoms with van der Waals surface area (Å²) in [5.74, 6) is -0.510. The Morgan fingerprint density at radius 1 is 1.70 bits per heavy atom. The van der Waals surface area contributed by atoms with E-state index in [1.54, 1.807) is 13.0 Å². The molecule has 20 heavy (non-hydrogen) atoms. The monoisotopic (exact) mass is 276 g/mol. The standard InChI is InChI=1S/C13H16N4O3/c1-2-8(5-14)6-15-9-7-16-11-4-3-10(13(19)20)17(11)12(9)18/h2,5,7,10,14-15H,3-4,6H2,1H3,(H,19,20)/b8-2+,14-5?/t10-/m0/s1. The maximum absolute atomic E-state index is 12.3. The molecule has 2 heterocycles. The van der Waals surface area contributed by atoms with Crippen LogP contribution in [0.25, 0.3) is 0 Å². The maximum Gasteiger partial charge on any atom is 0.326 e. The van der Waals surface area contributed by atoms with Crippen LogP contribution in [0.15, 0.2) is 22.6 Å². The number of carboxylic acids is 1. The zero-order chi connectivity index (χ0) is 14.7. The number of aliphatic carboxylic acids is 1. The van der Waals surface area contributed by atoms with E-state index in [9.17, 15) is 9.59 Å². The summed E-state index contributed by atoms with van der Waals surface area (Å²) in [5.41, 5.74) is 0.605. The highest BCUT2D eigenvalue weighted by Crippen LogP contribution is 2.22. The number of nitrogens with one attached hydrogen (secondary N) is 2. The lowest BCUT2D eigenvalue weighted by Gasteiger charge is -2.12. The highest BCUT2D eigenvalue weighted by Gasteiger charge is 2.30. The van der Waals surface area contributed by atoms with E-state index in [0.717, 1.165) is 5.57 Å². The van der Waals surface area contributed by atoms with Crippen molar-refractivity contribution in [1.82, 2.24) is 9.55 Å². The topological polar surface area (TPSA) is 108 Å². The van der Waals surface area contributed by atoms with Crippen LogP contribution >= 0.6 is 0 Å². The summed E-state index contributed by atoms with van der Waals surface area (Å²) in [5, 5.41) is 19.2. The van der Waals surface area contributed by atoms with Gasteiger partial charge in [0.25, 0.3) is 5.56 Å². The molecule has 0 aliphatic carbocycles. The molecule has 1 aromatic heterocycles. The number of aryl methyl sites for hydroxylation is 1. The molecule has 0 saturated heterocycles. The van der Waals surface area contributed by atoms with Crippen LogP contribution in [0.3, 0.4) is 0 Å². The Hall–Kier alpha value is -2.44. The molecule has 2 rings (SSSR count). The number of allylic oxidation sites excluding steroid dienone is 1. The van der Waals surface area contributed by atoms with Gasteiger partial charge in [0.15, 0.2) is 0 Å². The number of fused-ring (bicyclic) bond motifs is 1. The van der Waals surface area contributed by atoms with Gasteiger partial charge in [0.05, 0.1) is 6.20 Å². The van der Waals surface area contributed by atoms with E-state index in [2.05, 4.69) is 10.3 Å². The molecule has 0 spiro atoms. The first-order chi connectivity index (χ1) is 9.58. The van der Waals surface area contributed by atoms with Crippen molar-refractivity contribution in [2.75, 3.05) is 11.9 Å². The Morgan fingerprint density at radius 3 is 3.05 bits per heavy atom. The molecule has 1 atom stereocenters. The quantitative estimate of drug-likeness (QED) is 0.690. The number of carbonyl (C=O) groups is 1. The average molecular weight is 276 g/mol. The Balaban J connectivity index is 2.30. The van der Waals surface area contributed by atoms with Crippen molar-refractivity contribution in [2.45, 2.75) is 25.8 Å². The van der Waals surface area contributed by atoms with Gasteiger partial charge in [-0.15, -0.1) is 0 Å². The SMILES string of the molecule is C/C=C(\C=N)CNc1cnc2n(c1=O)[C@H](C(=O)O)CC2. The minimum Gasteiger partial charge on any atom is -0.480 e. The first-order valence-corrected chi connectivity index (χ1v) is 6.31. The normalized spacial score (nSPS) is 17.6. The van der Waals surface area contributed by atoms with Gasteiger partial charge >= 0.3 is 5.97 Å². The van der Waals surface area contributed by atoms with Gasteiger partial charge in [-0.3, -0.25) is 9.36 Å². The van der Waals surface area contributed by atoms with Crippen LogP contribution in [0.2, 0.25) is 0 Å². The first kappa shape index (κ1) is 14.0. The number of carboxylic acid groups (broad SMARTS) is 1. The van der Waals surface area contributed by atoms with Crippen molar-refractivity contribution in [2.24, 2.45) is 0 Å². The summed E-state index contributed by atoms with van der Waals surface area (Å²) in [7, 11) is 0. The summed E-state index contributed by atoms with van der Waals surface area (Å²) in [6, 6.07) is -0.837. The summed E-state index contributed by atoms with van der Waals surface area (Å²) in [6.07, 6.45) is 5.27. The molecule has 3 N–H and O–H groups in total. The molecule has 0 radical (unpaired) electrons. The van der Waals surface area contributed by atoms with Crippen molar-refractivity contribution in [1.29, 1.82) is 5.41 Å². The lowest BCUT2D eigenvalue weighted by Crippen LogP contribution is -2.30. The molecule has 106 valence electrons. The van der Waals surface area contributed by atoms with Crippen LogP contribution in [-0.4, -0.2) is 33.4 Å². The van der Waals surface area contributed by atoms with Gasteiger partial charge in [-0.1, -0.05) is 6.08 Å². The van der Waals surface area contributed by atoms with Crippen LogP contribution in [0.5, 0.6) is 0 Å². The average Bonchev–Trinajstić information content (AvgIpc) is 2.87. The van der Waals surface area contributed by atoms with Gasteiger partial charge in [0.2, 0.25) is 0 Å². The summed E-state index contributed by atoms with van der Waals surface area (Å²) in [4.78, 5) is 27.6. The lowest BCUT2D eigenvalue weighted by atomic mass is 10.2. The molecule has 0 unspecified atom stereocenters. The predicted molar refractivity (Wildman–Crippen MR) is 74.5 cm³/mol. The smallest absolute Gasteiger partial charge is 0.326 e. The minimum absolute atomic E-state index is 0.253. The Kier molecular flexibility index (Phi) is 3.97. The maximum atomic E-state index is 12.3. The molecule has 0 amide bonds. The largest absolute Gasteiger partial charge is 0.480 e. The van der Waals surface area contributed by atoms with Gasteiger partial charge in [-0.25, -0.2) is 9.78 Å². The van der Waals surface area contributed by atoms with Crippen molar-refractivity contribution >= 4 is 17.9 Å². The molecule has 7 heteroatoms. The molecule has 0 aromatic carbocycles. The molecule has 0 fully saturated rings. The zero-order valence-electron chi connectivity index (χ0n) is 11.1. The zero-order valence-corrected chi connectivity index (χ0v) is 11.1. The van der Waals surface area contributed by atoms with Crippen LogP contribution in [-0.2, 0) is 11.2 Å². The van der Waals surface area contributed by atoms with Crippen LogP contribution in [0, 0.1) is 5.41 Å². The van der Waals surface area contributed by atoms with Gasteiger partial charge in [0.1, 0.15) is 17.6 Å². The molecule has 7 nitrogen and oxygen atoms in total. The Bertz CT molecular complexity index is 633. The van der Waals surface area contributed by atoms with Crippen LogP contribution in [0.1, 0.15) is 25.2 Å². The Labute approximate surface area is 115 Å². The van der Waals surface area contributed by atoms with E-state index < -0.39 is 12.0 Å². The second kappa shape index (κ2) is 5.68. The molecular formula is C13H16N4O3. The minimum atomic E-state index is -1.02. The number of hydrogen-bond acceptors (Lipinski definition) is 5. The number of hydrogen-bond donors (Lipinski definition) is 3. The first-order valence-electron chi connectivity index (χ1n) is 6.31. The van der Waals surface area contributed by atoms with E-state index in [1.165, 1.54) is 17.0 Å². The highest BCUT2D eigenvalue weighted by molar-refractivity contribution is 5.77. The number of anilines is 1. The van der Waals surface area contributed by atoms with E-state index in [1.807, 2.05) is 0 Å². The fraction of sp³-hybridized carbons (Fsp3) is 0.385. The van der Waals surface area contributed by atoms with Gasteiger partial charge in [-0.2, -0.15) is 0 Å². The van der Waals surface area contributed by atoms with Crippen molar-refractivity contribution in [3.8, 4) is 0 Å².